The molecule has 0 aliphatic carbocycles. The molecule has 8 N–H and O–H groups in total. The highest BCUT2D eigenvalue weighted by Crippen LogP contribution is 2.41. The third-order valence-corrected chi connectivity index (χ3v) is 20.1. The van der Waals surface area contributed by atoms with Crippen LogP contribution in [0, 0.1) is 49.4 Å². The summed E-state index contributed by atoms with van der Waals surface area (Å²) in [7, 11) is 0. The van der Waals surface area contributed by atoms with E-state index < -0.39 is 100 Å². The van der Waals surface area contributed by atoms with Gasteiger partial charge in [-0.25, -0.2) is 0 Å². The van der Waals surface area contributed by atoms with Gasteiger partial charge in [0.05, 0.1) is 35.3 Å². The van der Waals surface area contributed by atoms with Crippen molar-refractivity contribution in [3.63, 3.8) is 0 Å². The Balaban J connectivity index is 0.000000127. The van der Waals surface area contributed by atoms with Gasteiger partial charge >= 0.3 is 0 Å². The van der Waals surface area contributed by atoms with Crippen molar-refractivity contribution >= 4 is 105 Å². The molecule has 4 unspecified atom stereocenters. The minimum absolute atomic E-state index is 0.0720. The van der Waals surface area contributed by atoms with E-state index in [1.54, 1.807) is 53.4 Å². The number of anilines is 4. The van der Waals surface area contributed by atoms with Gasteiger partial charge in [-0.15, -0.1) is 58.0 Å². The van der Waals surface area contributed by atoms with Crippen molar-refractivity contribution in [3.8, 4) is 49.4 Å². The van der Waals surface area contributed by atoms with E-state index in [0.717, 1.165) is 45.1 Å². The molecule has 0 spiro atoms. The van der Waals surface area contributed by atoms with Crippen LogP contribution in [0.3, 0.4) is 0 Å². The molecule has 4 aromatic carbocycles. The lowest BCUT2D eigenvalue weighted by atomic mass is 10.0. The molecule has 4 saturated heterocycles. The monoisotopic (exact) mass is 1460 g/mol. The molecule has 108 heavy (non-hydrogen) atoms. The van der Waals surface area contributed by atoms with E-state index in [1.165, 1.54) is 11.0 Å². The van der Waals surface area contributed by atoms with Gasteiger partial charge in [-0.2, -0.15) is 20.5 Å². The molecule has 34 nitrogen and oxygen atoms in total. The quantitative estimate of drug-likeness (QED) is 0.0403. The van der Waals surface area contributed by atoms with Crippen molar-refractivity contribution in [2.45, 2.75) is 150 Å². The highest BCUT2D eigenvalue weighted by molar-refractivity contribution is 6.27. The van der Waals surface area contributed by atoms with Gasteiger partial charge in [0.15, 0.2) is 11.3 Å². The van der Waals surface area contributed by atoms with Gasteiger partial charge in [0.25, 0.3) is 46.8 Å². The summed E-state index contributed by atoms with van der Waals surface area (Å²) >= 11 is 0. The van der Waals surface area contributed by atoms with Crippen LogP contribution in [0.25, 0.3) is 0 Å². The Bertz CT molecular complexity index is 4910. The first-order chi connectivity index (χ1) is 52.0. The minimum Gasteiger partial charge on any atom is -0.385 e. The molecule has 14 amide bonds. The largest absolute Gasteiger partial charge is 0.385 e. The lowest BCUT2D eigenvalue weighted by Gasteiger charge is -2.29. The first-order valence-electron chi connectivity index (χ1n) is 34.7. The van der Waals surface area contributed by atoms with E-state index in [2.05, 4.69) is 107 Å². The van der Waals surface area contributed by atoms with Crippen LogP contribution < -0.4 is 42.5 Å². The number of rotatable bonds is 22. The molecule has 4 fully saturated rings. The normalized spacial score (nSPS) is 22.3. The number of nitrogens with one attached hydrogen (secondary N) is 8. The predicted octanol–water partition coefficient (Wildman–Crippen LogP) is 4.24. The molecule has 12 aliphatic heterocycles. The third-order valence-electron chi connectivity index (χ3n) is 20.1. The van der Waals surface area contributed by atoms with Crippen LogP contribution in [0.2, 0.25) is 0 Å². The number of carbonyl (C=O) groups excluding carboxylic acids is 14. The Labute approximate surface area is 615 Å². The Morgan fingerprint density at radius 1 is 0.380 bits per heavy atom. The summed E-state index contributed by atoms with van der Waals surface area (Å²) in [5.74, 6) is 4.05. The van der Waals surface area contributed by atoms with Crippen molar-refractivity contribution in [1.82, 2.24) is 40.9 Å². The van der Waals surface area contributed by atoms with Gasteiger partial charge in [0.1, 0.15) is 24.2 Å². The standard InChI is InChI=1S/C20H19N5O4.C20H21N5O3.C17H13N5O4.C17H15N5O3/c1-2-3-9-20(23-24-20)10-11-21-13-6-4-5-12-16(13)19(29)25(18(12)28)14-7-8-15(26)22-17(14)27;1-2-3-9-20(23-24-20)10-11-21-15-6-4-5-13-14(15)12-25(19(13)28)16-7-8-17(26)22-18(16)27;1-2-17(20-21-17)8-18-10-5-3-4-9-13(10)16(26)22(15(9)25)11-6-7-12(23)19-14(11)24;1-2-17(20-21-17)9-18-12-5-3-4-10-11(12)8-22(16(10)25)13-6-7-14(23)19-15(13)24/h1,4-6,14,21H,3,7-11H2,(H,22,26,27);1,4-6,16,21H,3,7-12H2,(H,22,26,27);1,3-5,11,18H,6-8H2,(H,19,23,24);1,3-5,13,18H,6-9H2,(H,19,23,24). The number of nitrogens with zero attached hydrogens (tertiary/aromatic N) is 12. The molecular formula is C74H68N20O14. The van der Waals surface area contributed by atoms with Crippen LogP contribution in [-0.2, 0) is 51.4 Å². The maximum atomic E-state index is 13.0. The van der Waals surface area contributed by atoms with Crippen LogP contribution in [0.4, 0.5) is 22.7 Å². The molecule has 34 heteroatoms. The summed E-state index contributed by atoms with van der Waals surface area (Å²) in [6.07, 6.45) is 27.0. The number of carbonyl (C=O) groups is 14. The van der Waals surface area contributed by atoms with E-state index in [0.29, 0.717) is 93.8 Å². The highest BCUT2D eigenvalue weighted by Gasteiger charge is 2.50. The van der Waals surface area contributed by atoms with E-state index in [-0.39, 0.29) is 96.6 Å². The maximum absolute atomic E-state index is 13.0. The maximum Gasteiger partial charge on any atom is 0.267 e. The molecular weight excluding hydrogens is 1390 g/mol. The number of piperidine rings is 4. The van der Waals surface area contributed by atoms with Crippen molar-refractivity contribution in [1.29, 1.82) is 0 Å². The van der Waals surface area contributed by atoms with Crippen molar-refractivity contribution in [3.05, 3.63) is 117 Å². The fraction of sp³-hybridized carbons (Fsp3) is 0.378. The van der Waals surface area contributed by atoms with Gasteiger partial charge in [0, 0.05) is 135 Å². The first-order valence-corrected chi connectivity index (χ1v) is 34.7. The molecule has 12 heterocycles. The first kappa shape index (κ1) is 72.8. The second-order valence-corrected chi connectivity index (χ2v) is 27.0. The minimum atomic E-state index is -1.00. The smallest absolute Gasteiger partial charge is 0.267 e. The van der Waals surface area contributed by atoms with E-state index in [1.807, 2.05) is 18.2 Å². The second kappa shape index (κ2) is 29.6. The summed E-state index contributed by atoms with van der Waals surface area (Å²) in [5.41, 5.74) is 3.72. The number of hydrogen-bond acceptors (Lipinski definition) is 26. The molecule has 0 radical (unpaired) electrons. The summed E-state index contributed by atoms with van der Waals surface area (Å²) in [6, 6.07) is 17.4. The topological polar surface area (TPSA) is 447 Å². The molecule has 12 aliphatic rings. The lowest BCUT2D eigenvalue weighted by Crippen LogP contribution is -2.54. The molecule has 0 saturated carbocycles. The predicted molar refractivity (Wildman–Crippen MR) is 379 cm³/mol. The summed E-state index contributed by atoms with van der Waals surface area (Å²) < 4.78 is 0. The van der Waals surface area contributed by atoms with Gasteiger partial charge in [-0.1, -0.05) is 24.3 Å². The molecule has 4 atom stereocenters. The van der Waals surface area contributed by atoms with Crippen LogP contribution in [-0.4, -0.2) is 175 Å². The van der Waals surface area contributed by atoms with Crippen molar-refractivity contribution in [2.24, 2.45) is 40.9 Å². The number of benzene rings is 4. The zero-order valence-corrected chi connectivity index (χ0v) is 57.8. The Hall–Kier alpha value is -13.5. The summed E-state index contributed by atoms with van der Waals surface area (Å²) in [6.45, 7) is 2.35. The molecule has 16 rings (SSSR count). The molecule has 548 valence electrons. The van der Waals surface area contributed by atoms with E-state index >= 15 is 0 Å². The zero-order valence-electron chi connectivity index (χ0n) is 57.8. The average molecular weight is 1460 g/mol. The summed E-state index contributed by atoms with van der Waals surface area (Å²) in [4.78, 5) is 176. The highest BCUT2D eigenvalue weighted by atomic mass is 16.2. The summed E-state index contributed by atoms with van der Waals surface area (Å²) in [5, 5.41) is 53.4. The number of terminal acetylenes is 4. The lowest BCUT2D eigenvalue weighted by molar-refractivity contribution is -0.138. The number of imide groups is 6. The van der Waals surface area contributed by atoms with Crippen LogP contribution in [0.15, 0.2) is 114 Å². The number of hydrogen-bond donors (Lipinski definition) is 8. The van der Waals surface area contributed by atoms with Crippen molar-refractivity contribution in [2.75, 3.05) is 47.4 Å². The average Bonchev–Trinajstić information content (AvgIpc) is 1.71. The molecule has 0 aromatic heterocycles. The number of fused-ring (bicyclic) bond motifs is 4. The SMILES string of the molecule is C#CC1(CNc2cccc3c2C(=O)N(C2CCC(=O)NC2=O)C3=O)N=N1.C#CC1(CNc2cccc3c2CN(C2CCC(=O)NC2=O)C3=O)N=N1.C#CCCC1(CCNc2cccc3c2C(=O)N(C2CCC(=O)NC2=O)C3=O)N=N1.C#CCCC1(CCNc2cccc3c2CN(C2CCC(=O)NC2=O)C3=O)N=N1. The van der Waals surface area contributed by atoms with Gasteiger partial charge in [-0.3, -0.25) is 98.2 Å². The fourth-order valence-electron chi connectivity index (χ4n) is 13.9. The Morgan fingerprint density at radius 3 is 1.05 bits per heavy atom. The van der Waals surface area contributed by atoms with E-state index in [4.69, 9.17) is 25.7 Å². The number of amides is 14. The third kappa shape index (κ3) is 14.8. The molecule has 0 bridgehead atoms. The van der Waals surface area contributed by atoms with Gasteiger partial charge in [-0.05, 0) is 86.1 Å². The zero-order chi connectivity index (χ0) is 76.4. The Kier molecular flexibility index (Phi) is 19.9. The fourth-order valence-corrected chi connectivity index (χ4v) is 13.9. The second-order valence-electron chi connectivity index (χ2n) is 27.0. The van der Waals surface area contributed by atoms with Crippen LogP contribution in [0.1, 0.15) is 163 Å². The van der Waals surface area contributed by atoms with Crippen LogP contribution in [0.5, 0.6) is 0 Å². The van der Waals surface area contributed by atoms with Crippen molar-refractivity contribution < 1.29 is 67.1 Å². The van der Waals surface area contributed by atoms with Gasteiger partial charge in [0.2, 0.25) is 47.3 Å². The molecule has 4 aromatic rings. The van der Waals surface area contributed by atoms with E-state index in [9.17, 15) is 67.1 Å². The Morgan fingerprint density at radius 2 is 0.704 bits per heavy atom. The van der Waals surface area contributed by atoms with Crippen LogP contribution >= 0.6 is 0 Å². The van der Waals surface area contributed by atoms with Gasteiger partial charge < -0.3 is 31.1 Å².